The van der Waals surface area contributed by atoms with Gasteiger partial charge in [0.25, 0.3) is 0 Å². The molecule has 0 aliphatic rings. The Balaban J connectivity index is 3.00. The van der Waals surface area contributed by atoms with Crippen LogP contribution in [0, 0.1) is 13.8 Å². The van der Waals surface area contributed by atoms with Crippen molar-refractivity contribution in [3.63, 3.8) is 0 Å². The molecule has 7 heteroatoms. The molecule has 0 radical (unpaired) electrons. The summed E-state index contributed by atoms with van der Waals surface area (Å²) in [6, 6.07) is 4.89. The molecule has 1 aromatic rings. The number of rotatable bonds is 5. The monoisotopic (exact) mass is 282 g/mol. The molecule has 0 aliphatic carbocycles. The van der Waals surface area contributed by atoms with Gasteiger partial charge in [-0.05, 0) is 25.5 Å². The second kappa shape index (κ2) is 6.16. The predicted molar refractivity (Wildman–Crippen MR) is 66.4 cm³/mol. The molecule has 0 bridgehead atoms. The second-order valence-electron chi connectivity index (χ2n) is 4.27. The highest BCUT2D eigenvalue weighted by Crippen LogP contribution is 2.14. The summed E-state index contributed by atoms with van der Waals surface area (Å²) in [5.74, 6) is -4.52. The van der Waals surface area contributed by atoms with Gasteiger partial charge in [-0.25, -0.2) is 14.4 Å². The average molecular weight is 282 g/mol. The van der Waals surface area contributed by atoms with Crippen LogP contribution < -0.4 is 0 Å². The van der Waals surface area contributed by atoms with Gasteiger partial charge < -0.3 is 20.1 Å². The van der Waals surface area contributed by atoms with Gasteiger partial charge in [-0.15, -0.1) is 0 Å². The zero-order valence-electron chi connectivity index (χ0n) is 10.9. The number of aliphatic hydroxyl groups is 1. The maximum atomic E-state index is 11.9. The lowest BCUT2D eigenvalue weighted by Crippen LogP contribution is -2.43. The highest BCUT2D eigenvalue weighted by Gasteiger charge is 2.36. The number of esters is 1. The largest absolute Gasteiger partial charge is 0.479 e. The lowest BCUT2D eigenvalue weighted by molar-refractivity contribution is -0.166. The number of carbonyl (C=O) groups is 3. The molecule has 0 aromatic heterocycles. The molecule has 0 aliphatic heterocycles. The Morgan fingerprint density at radius 2 is 1.70 bits per heavy atom. The first-order valence-corrected chi connectivity index (χ1v) is 5.66. The molecule has 20 heavy (non-hydrogen) atoms. The summed E-state index contributed by atoms with van der Waals surface area (Å²) >= 11 is 0. The van der Waals surface area contributed by atoms with Crippen molar-refractivity contribution in [1.82, 2.24) is 0 Å². The number of ether oxygens (including phenoxy) is 1. The zero-order chi connectivity index (χ0) is 15.4. The topological polar surface area (TPSA) is 121 Å². The Bertz CT molecular complexity index is 550. The summed E-state index contributed by atoms with van der Waals surface area (Å²) in [6.45, 7) is 3.36. The van der Waals surface area contributed by atoms with Gasteiger partial charge in [-0.1, -0.05) is 17.7 Å². The van der Waals surface area contributed by atoms with Crippen molar-refractivity contribution in [3.8, 4) is 0 Å². The summed E-state index contributed by atoms with van der Waals surface area (Å²) < 4.78 is 4.59. The Hall–Kier alpha value is -2.41. The molecule has 0 heterocycles. The Labute approximate surface area is 114 Å². The van der Waals surface area contributed by atoms with Crippen molar-refractivity contribution in [1.29, 1.82) is 0 Å². The SMILES string of the molecule is Cc1ccc(C)c(C(=O)O[C@@H](C(=O)O)[C@@H](O)C(=O)O)c1. The molecular formula is C13H14O7. The van der Waals surface area contributed by atoms with Crippen LogP contribution in [-0.4, -0.2) is 45.4 Å². The van der Waals surface area contributed by atoms with Crippen molar-refractivity contribution in [3.05, 3.63) is 34.9 Å². The fourth-order valence-electron chi connectivity index (χ4n) is 1.51. The molecule has 1 rings (SSSR count). The minimum Gasteiger partial charge on any atom is -0.479 e. The summed E-state index contributed by atoms with van der Waals surface area (Å²) in [4.78, 5) is 33.3. The van der Waals surface area contributed by atoms with E-state index in [1.807, 2.05) is 0 Å². The molecule has 0 saturated carbocycles. The maximum absolute atomic E-state index is 11.9. The van der Waals surface area contributed by atoms with Gasteiger partial charge in [0.1, 0.15) is 0 Å². The highest BCUT2D eigenvalue weighted by atomic mass is 16.6. The summed E-state index contributed by atoms with van der Waals surface area (Å²) in [6.07, 6.45) is -4.50. The van der Waals surface area contributed by atoms with Crippen molar-refractivity contribution in [2.75, 3.05) is 0 Å². The van der Waals surface area contributed by atoms with E-state index in [1.165, 1.54) is 6.07 Å². The molecule has 0 spiro atoms. The van der Waals surface area contributed by atoms with E-state index in [9.17, 15) is 19.5 Å². The molecule has 0 saturated heterocycles. The van der Waals surface area contributed by atoms with E-state index in [4.69, 9.17) is 10.2 Å². The first-order valence-electron chi connectivity index (χ1n) is 5.66. The van der Waals surface area contributed by atoms with Crippen molar-refractivity contribution in [2.24, 2.45) is 0 Å². The lowest BCUT2D eigenvalue weighted by Gasteiger charge is -2.17. The minimum absolute atomic E-state index is 0.119. The number of benzene rings is 1. The molecule has 108 valence electrons. The zero-order valence-corrected chi connectivity index (χ0v) is 10.9. The van der Waals surface area contributed by atoms with Gasteiger partial charge in [0.15, 0.2) is 6.10 Å². The van der Waals surface area contributed by atoms with E-state index in [0.717, 1.165) is 5.56 Å². The van der Waals surface area contributed by atoms with Crippen LogP contribution in [0.25, 0.3) is 0 Å². The van der Waals surface area contributed by atoms with Crippen LogP contribution in [0.3, 0.4) is 0 Å². The summed E-state index contributed by atoms with van der Waals surface area (Å²) in [5, 5.41) is 26.6. The van der Waals surface area contributed by atoms with Gasteiger partial charge in [-0.3, -0.25) is 0 Å². The fourth-order valence-corrected chi connectivity index (χ4v) is 1.51. The summed E-state index contributed by atoms with van der Waals surface area (Å²) in [5.41, 5.74) is 1.43. The normalized spacial score (nSPS) is 13.3. The Morgan fingerprint density at radius 1 is 1.10 bits per heavy atom. The van der Waals surface area contributed by atoms with Crippen LogP contribution >= 0.6 is 0 Å². The van der Waals surface area contributed by atoms with Crippen LogP contribution in [0.5, 0.6) is 0 Å². The second-order valence-corrected chi connectivity index (χ2v) is 4.27. The van der Waals surface area contributed by atoms with Crippen LogP contribution in [-0.2, 0) is 14.3 Å². The van der Waals surface area contributed by atoms with E-state index in [1.54, 1.807) is 26.0 Å². The number of aliphatic hydroxyl groups excluding tert-OH is 1. The van der Waals surface area contributed by atoms with E-state index in [-0.39, 0.29) is 5.56 Å². The third-order valence-electron chi connectivity index (χ3n) is 2.63. The van der Waals surface area contributed by atoms with Gasteiger partial charge in [0, 0.05) is 0 Å². The predicted octanol–water partition coefficient (Wildman–Crippen LogP) is 0.359. The highest BCUT2D eigenvalue weighted by molar-refractivity contribution is 5.94. The number of aliphatic carboxylic acids is 2. The van der Waals surface area contributed by atoms with Gasteiger partial charge in [-0.2, -0.15) is 0 Å². The van der Waals surface area contributed by atoms with E-state index >= 15 is 0 Å². The number of aryl methyl sites for hydroxylation is 2. The van der Waals surface area contributed by atoms with E-state index in [0.29, 0.717) is 5.56 Å². The van der Waals surface area contributed by atoms with Crippen LogP contribution in [0.2, 0.25) is 0 Å². The molecule has 0 amide bonds. The molecule has 2 atom stereocenters. The number of carboxylic acids is 2. The fraction of sp³-hybridized carbons (Fsp3) is 0.308. The first-order chi connectivity index (χ1) is 9.23. The van der Waals surface area contributed by atoms with Gasteiger partial charge in [0.05, 0.1) is 5.56 Å². The lowest BCUT2D eigenvalue weighted by atomic mass is 10.1. The number of hydrogen-bond acceptors (Lipinski definition) is 5. The number of carboxylic acid groups (broad SMARTS) is 2. The van der Waals surface area contributed by atoms with Crippen molar-refractivity contribution >= 4 is 17.9 Å². The van der Waals surface area contributed by atoms with Gasteiger partial charge in [0.2, 0.25) is 6.10 Å². The standard InChI is InChI=1S/C13H14O7/c1-6-3-4-7(2)8(5-6)13(19)20-10(12(17)18)9(14)11(15)16/h3-5,9-10,14H,1-2H3,(H,15,16)(H,17,18)/t9-,10-/m1/s1. The van der Waals surface area contributed by atoms with Crippen molar-refractivity contribution < 1.29 is 34.4 Å². The molecule has 3 N–H and O–H groups in total. The molecule has 0 unspecified atom stereocenters. The van der Waals surface area contributed by atoms with E-state index in [2.05, 4.69) is 4.74 Å². The minimum atomic E-state index is -2.33. The first kappa shape index (κ1) is 15.6. The Morgan fingerprint density at radius 3 is 2.20 bits per heavy atom. The van der Waals surface area contributed by atoms with E-state index < -0.39 is 30.1 Å². The Kier molecular flexibility index (Phi) is 4.82. The average Bonchev–Trinajstić information content (AvgIpc) is 2.37. The number of carbonyl (C=O) groups excluding carboxylic acids is 1. The smallest absolute Gasteiger partial charge is 0.348 e. The quantitative estimate of drug-likeness (QED) is 0.666. The summed E-state index contributed by atoms with van der Waals surface area (Å²) in [7, 11) is 0. The molecule has 0 fully saturated rings. The number of hydrogen-bond donors (Lipinski definition) is 3. The van der Waals surface area contributed by atoms with Crippen LogP contribution in [0.15, 0.2) is 18.2 Å². The third-order valence-corrected chi connectivity index (χ3v) is 2.63. The van der Waals surface area contributed by atoms with Crippen LogP contribution in [0.4, 0.5) is 0 Å². The van der Waals surface area contributed by atoms with Crippen molar-refractivity contribution in [2.45, 2.75) is 26.1 Å². The third kappa shape index (κ3) is 3.55. The molecule has 1 aromatic carbocycles. The molecular weight excluding hydrogens is 268 g/mol. The van der Waals surface area contributed by atoms with Gasteiger partial charge >= 0.3 is 17.9 Å². The van der Waals surface area contributed by atoms with Crippen LogP contribution in [0.1, 0.15) is 21.5 Å². The maximum Gasteiger partial charge on any atom is 0.348 e. The molecule has 7 nitrogen and oxygen atoms in total.